The summed E-state index contributed by atoms with van der Waals surface area (Å²) in [4.78, 5) is 42.6. The third kappa shape index (κ3) is 3.56. The number of carbonyl (C=O) groups is 3. The maximum Gasteiger partial charge on any atom is 0.244 e. The molecule has 0 radical (unpaired) electrons. The van der Waals surface area contributed by atoms with E-state index in [-0.39, 0.29) is 36.6 Å². The summed E-state index contributed by atoms with van der Waals surface area (Å²) in [5, 5.41) is 4.48. The van der Waals surface area contributed by atoms with Crippen LogP contribution in [-0.4, -0.2) is 28.8 Å². The zero-order valence-electron chi connectivity index (χ0n) is 21.7. The first-order valence-electron chi connectivity index (χ1n) is 13.5. The van der Waals surface area contributed by atoms with Gasteiger partial charge < -0.3 is 0 Å². The van der Waals surface area contributed by atoms with E-state index in [1.165, 1.54) is 4.90 Å². The van der Waals surface area contributed by atoms with Crippen molar-refractivity contribution in [2.45, 2.75) is 24.3 Å². The summed E-state index contributed by atoms with van der Waals surface area (Å²) < 4.78 is 0. The van der Waals surface area contributed by atoms with E-state index in [4.69, 9.17) is 0 Å². The Morgan fingerprint density at radius 1 is 0.750 bits per heavy atom. The van der Waals surface area contributed by atoms with Crippen LogP contribution in [-0.2, 0) is 32.8 Å². The molecule has 1 fully saturated rings. The van der Waals surface area contributed by atoms with Crippen LogP contribution in [0.15, 0.2) is 114 Å². The van der Waals surface area contributed by atoms with Crippen molar-refractivity contribution in [2.24, 2.45) is 16.9 Å². The van der Waals surface area contributed by atoms with Crippen molar-refractivity contribution >= 4 is 23.9 Å². The second-order valence-electron chi connectivity index (χ2n) is 10.7. The molecule has 40 heavy (non-hydrogen) atoms. The Balaban J connectivity index is 1.33. The lowest BCUT2D eigenvalue weighted by Crippen LogP contribution is -2.54. The number of nitrogens with one attached hydrogen (secondary N) is 1. The summed E-state index contributed by atoms with van der Waals surface area (Å²) in [7, 11) is 0. The lowest BCUT2D eigenvalue weighted by Gasteiger charge is -2.52. The molecule has 0 aromatic heterocycles. The predicted octanol–water partition coefficient (Wildman–Crippen LogP) is 4.58. The van der Waals surface area contributed by atoms with E-state index in [0.717, 1.165) is 33.4 Å². The number of rotatable bonds is 6. The van der Waals surface area contributed by atoms with Gasteiger partial charge in [-0.15, -0.1) is 0 Å². The number of amides is 3. The average Bonchev–Trinajstić information content (AvgIpc) is 3.24. The molecule has 3 amide bonds. The van der Waals surface area contributed by atoms with Gasteiger partial charge in [-0.2, -0.15) is 5.10 Å². The Kier molecular flexibility index (Phi) is 5.70. The maximum absolute atomic E-state index is 14.3. The number of imide groups is 1. The number of likely N-dealkylation sites (tertiary alicyclic amines) is 1. The van der Waals surface area contributed by atoms with Gasteiger partial charge >= 0.3 is 0 Å². The fraction of sp³-hybridized carbons (Fsp3) is 0.176. The van der Waals surface area contributed by atoms with Crippen LogP contribution in [0.3, 0.4) is 0 Å². The molecule has 1 saturated heterocycles. The zero-order chi connectivity index (χ0) is 27.3. The molecule has 4 aromatic carbocycles. The summed E-state index contributed by atoms with van der Waals surface area (Å²) in [6.45, 7) is 0.228. The monoisotopic (exact) mass is 525 g/mol. The van der Waals surface area contributed by atoms with Crippen molar-refractivity contribution < 1.29 is 14.4 Å². The van der Waals surface area contributed by atoms with E-state index in [9.17, 15) is 14.4 Å². The molecule has 4 aromatic rings. The highest BCUT2D eigenvalue weighted by molar-refractivity contribution is 6.11. The Hall–Kier alpha value is -4.84. The molecule has 6 nitrogen and oxygen atoms in total. The number of carbonyl (C=O) groups excluding carboxylic acids is 3. The van der Waals surface area contributed by atoms with Crippen LogP contribution >= 0.6 is 0 Å². The van der Waals surface area contributed by atoms with Crippen molar-refractivity contribution in [2.75, 3.05) is 0 Å². The molecule has 0 unspecified atom stereocenters. The molecule has 2 bridgehead atoms. The topological polar surface area (TPSA) is 78.8 Å². The molecule has 3 aliphatic carbocycles. The number of hydrazone groups is 1. The van der Waals surface area contributed by atoms with Crippen molar-refractivity contribution in [1.29, 1.82) is 0 Å². The summed E-state index contributed by atoms with van der Waals surface area (Å²) in [5.74, 6) is -2.03. The van der Waals surface area contributed by atoms with Crippen LogP contribution < -0.4 is 5.43 Å². The van der Waals surface area contributed by atoms with Gasteiger partial charge in [0.15, 0.2) is 0 Å². The fourth-order valence-electron chi connectivity index (χ4n) is 7.06. The molecule has 0 saturated carbocycles. The highest BCUT2D eigenvalue weighted by Gasteiger charge is 2.67. The van der Waals surface area contributed by atoms with E-state index < -0.39 is 17.3 Å². The highest BCUT2D eigenvalue weighted by Crippen LogP contribution is 2.63. The Morgan fingerprint density at radius 3 is 1.93 bits per heavy atom. The summed E-state index contributed by atoms with van der Waals surface area (Å²) in [6, 6.07) is 35.1. The second-order valence-corrected chi connectivity index (χ2v) is 10.7. The minimum absolute atomic E-state index is 0.154. The summed E-state index contributed by atoms with van der Waals surface area (Å²) in [6.07, 6.45) is 1.90. The second kappa shape index (κ2) is 9.42. The number of hydrogen-bond acceptors (Lipinski definition) is 4. The van der Waals surface area contributed by atoms with E-state index >= 15 is 0 Å². The van der Waals surface area contributed by atoms with Crippen LogP contribution in [0.5, 0.6) is 0 Å². The smallest absolute Gasteiger partial charge is 0.244 e. The standard InChI is InChI=1S/C34H27N3O3/c38-28(19-22-11-3-1-4-12-22)36-35-21-34-26-17-9-7-15-24(26)29(25-16-8-10-18-27(25)34)30-31(34)33(40)37(32(30)39)20-23-13-5-2-6-14-23/h1-18,21,29-31H,19-20H2,(H,36,38)/b35-21-/t29?,30-,31+,34?/m0/s1. The van der Waals surface area contributed by atoms with Gasteiger partial charge in [-0.25, -0.2) is 5.43 Å². The third-order valence-electron chi connectivity index (χ3n) is 8.62. The molecular weight excluding hydrogens is 498 g/mol. The van der Waals surface area contributed by atoms with Crippen molar-refractivity contribution in [3.63, 3.8) is 0 Å². The first-order valence-corrected chi connectivity index (χ1v) is 13.5. The largest absolute Gasteiger partial charge is 0.278 e. The summed E-state index contributed by atoms with van der Waals surface area (Å²) in [5.41, 5.74) is 7.48. The molecule has 196 valence electrons. The quantitative estimate of drug-likeness (QED) is 0.227. The van der Waals surface area contributed by atoms with Gasteiger partial charge in [-0.1, -0.05) is 109 Å². The predicted molar refractivity (Wildman–Crippen MR) is 151 cm³/mol. The van der Waals surface area contributed by atoms with E-state index in [0.29, 0.717) is 0 Å². The van der Waals surface area contributed by atoms with Crippen molar-refractivity contribution in [1.82, 2.24) is 10.3 Å². The number of hydrogen-bond donors (Lipinski definition) is 1. The van der Waals surface area contributed by atoms with Crippen LogP contribution in [0.1, 0.15) is 39.3 Å². The van der Waals surface area contributed by atoms with Gasteiger partial charge in [0.1, 0.15) is 0 Å². The molecule has 1 N–H and O–H groups in total. The molecular formula is C34H27N3O3. The van der Waals surface area contributed by atoms with Crippen LogP contribution in [0.2, 0.25) is 0 Å². The molecule has 1 aliphatic heterocycles. The van der Waals surface area contributed by atoms with Crippen LogP contribution in [0, 0.1) is 11.8 Å². The molecule has 0 spiro atoms. The molecule has 4 aliphatic rings. The Bertz CT molecular complexity index is 1620. The lowest BCUT2D eigenvalue weighted by atomic mass is 9.47. The van der Waals surface area contributed by atoms with E-state index in [2.05, 4.69) is 22.7 Å². The first kappa shape index (κ1) is 24.2. The minimum Gasteiger partial charge on any atom is -0.278 e. The highest BCUT2D eigenvalue weighted by atomic mass is 16.2. The Morgan fingerprint density at radius 2 is 1.30 bits per heavy atom. The van der Waals surface area contributed by atoms with Crippen molar-refractivity contribution in [3.8, 4) is 0 Å². The van der Waals surface area contributed by atoms with Crippen LogP contribution in [0.25, 0.3) is 0 Å². The SMILES string of the molecule is O=C(Cc1ccccc1)N/N=C\C12c3ccccc3C(c3ccccc31)[C@@H]1C(=O)N(Cc3ccccc3)C(=O)[C@@H]12. The van der Waals surface area contributed by atoms with Gasteiger partial charge in [-0.05, 0) is 33.4 Å². The molecule has 8 rings (SSSR count). The minimum atomic E-state index is -0.995. The maximum atomic E-state index is 14.3. The molecule has 1 heterocycles. The average molecular weight is 526 g/mol. The van der Waals surface area contributed by atoms with Crippen LogP contribution in [0.4, 0.5) is 0 Å². The lowest BCUT2D eigenvalue weighted by molar-refractivity contribution is -0.140. The third-order valence-corrected chi connectivity index (χ3v) is 8.62. The van der Waals surface area contributed by atoms with Gasteiger partial charge in [0.05, 0.1) is 30.2 Å². The van der Waals surface area contributed by atoms with Gasteiger partial charge in [-0.3, -0.25) is 19.3 Å². The zero-order valence-corrected chi connectivity index (χ0v) is 21.7. The Labute approximate surface area is 232 Å². The number of benzene rings is 4. The summed E-state index contributed by atoms with van der Waals surface area (Å²) >= 11 is 0. The van der Waals surface area contributed by atoms with E-state index in [1.807, 2.05) is 97.1 Å². The van der Waals surface area contributed by atoms with Crippen molar-refractivity contribution in [3.05, 3.63) is 143 Å². The van der Waals surface area contributed by atoms with Gasteiger partial charge in [0, 0.05) is 12.1 Å². The molecule has 2 atom stereocenters. The first-order chi connectivity index (χ1) is 19.6. The van der Waals surface area contributed by atoms with E-state index in [1.54, 1.807) is 6.21 Å². The van der Waals surface area contributed by atoms with Gasteiger partial charge in [0.2, 0.25) is 17.7 Å². The number of nitrogens with zero attached hydrogens (tertiary/aromatic N) is 2. The fourth-order valence-corrected chi connectivity index (χ4v) is 7.06. The van der Waals surface area contributed by atoms with Gasteiger partial charge in [0.25, 0.3) is 0 Å². The normalized spacial score (nSPS) is 24.1. The molecule has 6 heteroatoms.